The first-order chi connectivity index (χ1) is 13.1. The molecule has 1 aromatic carbocycles. The van der Waals surface area contributed by atoms with E-state index >= 15 is 0 Å². The SMILES string of the molecule is CCNC(=NCc1ccc(OCC)c(F)c1)N1CCN(C(=O)OCC)CC1. The molecule has 0 unspecified atom stereocenters. The molecule has 2 rings (SSSR count). The number of benzene rings is 1. The Morgan fingerprint density at radius 2 is 1.85 bits per heavy atom. The van der Waals surface area contributed by atoms with E-state index in [0.29, 0.717) is 45.9 Å². The van der Waals surface area contributed by atoms with Crippen LogP contribution in [-0.2, 0) is 11.3 Å². The first-order valence-electron chi connectivity index (χ1n) is 9.45. The molecule has 1 aromatic rings. The van der Waals surface area contributed by atoms with Crippen LogP contribution >= 0.6 is 0 Å². The Bertz CT molecular complexity index is 646. The molecule has 1 heterocycles. The number of aliphatic imine (C=N–C) groups is 1. The van der Waals surface area contributed by atoms with Crippen LogP contribution in [0.5, 0.6) is 5.75 Å². The summed E-state index contributed by atoms with van der Waals surface area (Å²) in [5.74, 6) is 0.639. The number of carbonyl (C=O) groups excluding carboxylic acids is 1. The van der Waals surface area contributed by atoms with Gasteiger partial charge in [-0.05, 0) is 38.5 Å². The molecule has 150 valence electrons. The average molecular weight is 380 g/mol. The summed E-state index contributed by atoms with van der Waals surface area (Å²) < 4.78 is 24.3. The van der Waals surface area contributed by atoms with Crippen LogP contribution in [0.15, 0.2) is 23.2 Å². The van der Waals surface area contributed by atoms with Gasteiger partial charge in [0.25, 0.3) is 0 Å². The van der Waals surface area contributed by atoms with Gasteiger partial charge in [0, 0.05) is 32.7 Å². The number of hydrogen-bond donors (Lipinski definition) is 1. The molecule has 7 nitrogen and oxygen atoms in total. The molecule has 1 fully saturated rings. The monoisotopic (exact) mass is 380 g/mol. The highest BCUT2D eigenvalue weighted by molar-refractivity contribution is 5.80. The van der Waals surface area contributed by atoms with E-state index in [-0.39, 0.29) is 17.7 Å². The number of amides is 1. The molecule has 0 saturated carbocycles. The highest BCUT2D eigenvalue weighted by atomic mass is 19.1. The minimum Gasteiger partial charge on any atom is -0.491 e. The Kier molecular flexibility index (Phi) is 8.16. The standard InChI is InChI=1S/C19H29FN4O3/c1-4-21-18(23-9-11-24(12-10-23)19(25)27-6-3)22-14-15-7-8-17(26-5-2)16(20)13-15/h7-8,13H,4-6,9-12,14H2,1-3H3,(H,21,22). The Labute approximate surface area is 160 Å². The molecule has 1 amide bonds. The summed E-state index contributed by atoms with van der Waals surface area (Å²) >= 11 is 0. The van der Waals surface area contributed by atoms with Crippen molar-refractivity contribution in [2.24, 2.45) is 4.99 Å². The Balaban J connectivity index is 1.98. The third-order valence-electron chi connectivity index (χ3n) is 4.15. The maximum absolute atomic E-state index is 14.0. The molecular formula is C19H29FN4O3. The van der Waals surface area contributed by atoms with Gasteiger partial charge in [0.2, 0.25) is 0 Å². The summed E-state index contributed by atoms with van der Waals surface area (Å²) in [5.41, 5.74) is 0.775. The van der Waals surface area contributed by atoms with Gasteiger partial charge < -0.3 is 24.6 Å². The van der Waals surface area contributed by atoms with Crippen molar-refractivity contribution in [1.82, 2.24) is 15.1 Å². The highest BCUT2D eigenvalue weighted by Crippen LogP contribution is 2.19. The van der Waals surface area contributed by atoms with Crippen LogP contribution in [0.25, 0.3) is 0 Å². The normalized spacial score (nSPS) is 14.9. The number of nitrogens with one attached hydrogen (secondary N) is 1. The van der Waals surface area contributed by atoms with E-state index in [9.17, 15) is 9.18 Å². The molecule has 0 aliphatic carbocycles. The van der Waals surface area contributed by atoms with E-state index in [4.69, 9.17) is 9.47 Å². The zero-order valence-electron chi connectivity index (χ0n) is 16.3. The lowest BCUT2D eigenvalue weighted by Gasteiger charge is -2.35. The van der Waals surface area contributed by atoms with Crippen molar-refractivity contribution >= 4 is 12.1 Å². The predicted molar refractivity (Wildman–Crippen MR) is 103 cm³/mol. The molecule has 0 aromatic heterocycles. The molecule has 0 atom stereocenters. The van der Waals surface area contributed by atoms with Crippen LogP contribution in [-0.4, -0.2) is 67.8 Å². The number of carbonyl (C=O) groups is 1. The minimum absolute atomic E-state index is 0.257. The smallest absolute Gasteiger partial charge is 0.409 e. The number of piperazine rings is 1. The van der Waals surface area contributed by atoms with Crippen molar-refractivity contribution in [3.05, 3.63) is 29.6 Å². The summed E-state index contributed by atoms with van der Waals surface area (Å²) in [6.07, 6.45) is -0.274. The van der Waals surface area contributed by atoms with Crippen molar-refractivity contribution in [1.29, 1.82) is 0 Å². The number of rotatable bonds is 6. The second kappa shape index (κ2) is 10.6. The second-order valence-corrected chi connectivity index (χ2v) is 6.04. The molecule has 1 saturated heterocycles. The van der Waals surface area contributed by atoms with Gasteiger partial charge in [0.1, 0.15) is 0 Å². The van der Waals surface area contributed by atoms with Gasteiger partial charge in [-0.2, -0.15) is 0 Å². The van der Waals surface area contributed by atoms with Crippen LogP contribution < -0.4 is 10.1 Å². The quantitative estimate of drug-likeness (QED) is 0.607. The molecule has 1 N–H and O–H groups in total. The molecular weight excluding hydrogens is 351 g/mol. The predicted octanol–water partition coefficient (Wildman–Crippen LogP) is 2.46. The molecule has 8 heteroatoms. The largest absolute Gasteiger partial charge is 0.491 e. The van der Waals surface area contributed by atoms with Gasteiger partial charge >= 0.3 is 6.09 Å². The molecule has 1 aliphatic heterocycles. The Morgan fingerprint density at radius 1 is 1.15 bits per heavy atom. The van der Waals surface area contributed by atoms with Gasteiger partial charge in [-0.3, -0.25) is 0 Å². The van der Waals surface area contributed by atoms with Gasteiger partial charge in [-0.15, -0.1) is 0 Å². The first kappa shape index (κ1) is 20.8. The maximum atomic E-state index is 14.0. The fraction of sp³-hybridized carbons (Fsp3) is 0.579. The van der Waals surface area contributed by atoms with Crippen molar-refractivity contribution < 1.29 is 18.7 Å². The number of ether oxygens (including phenoxy) is 2. The van der Waals surface area contributed by atoms with Gasteiger partial charge in [-0.1, -0.05) is 6.07 Å². The van der Waals surface area contributed by atoms with E-state index in [2.05, 4.69) is 15.2 Å². The van der Waals surface area contributed by atoms with E-state index in [1.807, 2.05) is 19.9 Å². The van der Waals surface area contributed by atoms with Crippen molar-refractivity contribution in [3.63, 3.8) is 0 Å². The topological polar surface area (TPSA) is 66.4 Å². The highest BCUT2D eigenvalue weighted by Gasteiger charge is 2.23. The van der Waals surface area contributed by atoms with Gasteiger partial charge in [0.15, 0.2) is 17.5 Å². The van der Waals surface area contributed by atoms with Gasteiger partial charge in [-0.25, -0.2) is 14.2 Å². The van der Waals surface area contributed by atoms with Crippen LogP contribution in [0, 0.1) is 5.82 Å². The third kappa shape index (κ3) is 6.01. The summed E-state index contributed by atoms with van der Waals surface area (Å²) in [6.45, 7) is 10.0. The van der Waals surface area contributed by atoms with Crippen molar-refractivity contribution in [2.75, 3.05) is 45.9 Å². The fourth-order valence-electron chi connectivity index (χ4n) is 2.82. The van der Waals surface area contributed by atoms with E-state index in [1.165, 1.54) is 6.07 Å². The number of hydrogen-bond acceptors (Lipinski definition) is 4. The number of halogens is 1. The first-order valence-corrected chi connectivity index (χ1v) is 9.45. The second-order valence-electron chi connectivity index (χ2n) is 6.04. The molecule has 0 radical (unpaired) electrons. The fourth-order valence-corrected chi connectivity index (χ4v) is 2.82. The zero-order valence-corrected chi connectivity index (χ0v) is 16.3. The lowest BCUT2D eigenvalue weighted by molar-refractivity contribution is 0.0914. The zero-order chi connectivity index (χ0) is 19.6. The summed E-state index contributed by atoms with van der Waals surface area (Å²) in [6, 6.07) is 4.91. The Morgan fingerprint density at radius 3 is 2.44 bits per heavy atom. The van der Waals surface area contributed by atoms with Crippen molar-refractivity contribution in [2.45, 2.75) is 27.3 Å². The maximum Gasteiger partial charge on any atom is 0.409 e. The number of nitrogens with zero attached hydrogens (tertiary/aromatic N) is 3. The van der Waals surface area contributed by atoms with E-state index < -0.39 is 0 Å². The molecule has 0 bridgehead atoms. The van der Waals surface area contributed by atoms with E-state index in [0.717, 1.165) is 18.1 Å². The lowest BCUT2D eigenvalue weighted by Crippen LogP contribution is -2.53. The lowest BCUT2D eigenvalue weighted by atomic mass is 10.2. The number of guanidine groups is 1. The third-order valence-corrected chi connectivity index (χ3v) is 4.15. The average Bonchev–Trinajstić information content (AvgIpc) is 2.67. The molecule has 0 spiro atoms. The van der Waals surface area contributed by atoms with E-state index in [1.54, 1.807) is 17.9 Å². The van der Waals surface area contributed by atoms with Crippen LogP contribution in [0.1, 0.15) is 26.3 Å². The Hall–Kier alpha value is -2.51. The molecule has 1 aliphatic rings. The molecule has 27 heavy (non-hydrogen) atoms. The van der Waals surface area contributed by atoms with Gasteiger partial charge in [0.05, 0.1) is 19.8 Å². The summed E-state index contributed by atoms with van der Waals surface area (Å²) in [5, 5.41) is 3.26. The van der Waals surface area contributed by atoms with Crippen LogP contribution in [0.2, 0.25) is 0 Å². The van der Waals surface area contributed by atoms with Crippen LogP contribution in [0.4, 0.5) is 9.18 Å². The van der Waals surface area contributed by atoms with Crippen molar-refractivity contribution in [3.8, 4) is 5.75 Å². The van der Waals surface area contributed by atoms with Crippen LogP contribution in [0.3, 0.4) is 0 Å². The summed E-state index contributed by atoms with van der Waals surface area (Å²) in [7, 11) is 0. The minimum atomic E-state index is -0.377. The summed E-state index contributed by atoms with van der Waals surface area (Å²) in [4.78, 5) is 20.2.